The van der Waals surface area contributed by atoms with Crippen molar-refractivity contribution in [2.75, 3.05) is 5.32 Å². The monoisotopic (exact) mass is 285 g/mol. The van der Waals surface area contributed by atoms with Gasteiger partial charge in [-0.2, -0.15) is 0 Å². The molecule has 6 heteroatoms. The van der Waals surface area contributed by atoms with Crippen LogP contribution in [0.4, 0.5) is 5.82 Å². The van der Waals surface area contributed by atoms with Crippen LogP contribution in [0.3, 0.4) is 0 Å². The molecule has 0 saturated heterocycles. The first kappa shape index (κ1) is 11.8. The van der Waals surface area contributed by atoms with E-state index >= 15 is 0 Å². The standard InChI is InChI=1S/C14H15N5S/c1-9(11-3-2-8-20-11)16-12-14-18-17-13(10-4-5-10)19(14)7-6-15-12/h2-3,6-10H,4-5H2,1H3,(H,15,16). The molecule has 102 valence electrons. The van der Waals surface area contributed by atoms with Gasteiger partial charge in [0, 0.05) is 23.2 Å². The molecule has 20 heavy (non-hydrogen) atoms. The highest BCUT2D eigenvalue weighted by Gasteiger charge is 2.29. The molecule has 0 aliphatic heterocycles. The van der Waals surface area contributed by atoms with Gasteiger partial charge < -0.3 is 5.32 Å². The van der Waals surface area contributed by atoms with Crippen molar-refractivity contribution in [3.63, 3.8) is 0 Å². The van der Waals surface area contributed by atoms with Gasteiger partial charge in [-0.25, -0.2) is 4.98 Å². The first-order valence-electron chi connectivity index (χ1n) is 6.82. The Kier molecular flexibility index (Phi) is 2.70. The van der Waals surface area contributed by atoms with E-state index in [0.717, 1.165) is 17.3 Å². The summed E-state index contributed by atoms with van der Waals surface area (Å²) in [7, 11) is 0. The van der Waals surface area contributed by atoms with Crippen molar-refractivity contribution >= 4 is 22.8 Å². The minimum Gasteiger partial charge on any atom is -0.360 e. The molecule has 3 aromatic heterocycles. The third-order valence-corrected chi connectivity index (χ3v) is 4.67. The number of hydrogen-bond donors (Lipinski definition) is 1. The minimum atomic E-state index is 0.217. The predicted molar refractivity (Wildman–Crippen MR) is 79.1 cm³/mol. The molecule has 1 atom stereocenters. The number of hydrogen-bond acceptors (Lipinski definition) is 5. The maximum atomic E-state index is 4.42. The van der Waals surface area contributed by atoms with Gasteiger partial charge in [0.15, 0.2) is 5.82 Å². The van der Waals surface area contributed by atoms with Crippen molar-refractivity contribution in [2.45, 2.75) is 31.7 Å². The zero-order chi connectivity index (χ0) is 13.5. The number of nitrogens with zero attached hydrogens (tertiary/aromatic N) is 4. The Morgan fingerprint density at radius 2 is 2.30 bits per heavy atom. The van der Waals surface area contributed by atoms with E-state index in [0.29, 0.717) is 5.92 Å². The number of aromatic nitrogens is 4. The van der Waals surface area contributed by atoms with Gasteiger partial charge in [-0.3, -0.25) is 4.40 Å². The van der Waals surface area contributed by atoms with E-state index in [9.17, 15) is 0 Å². The largest absolute Gasteiger partial charge is 0.360 e. The fourth-order valence-electron chi connectivity index (χ4n) is 2.38. The molecular formula is C14H15N5S. The first-order valence-corrected chi connectivity index (χ1v) is 7.70. The molecule has 0 radical (unpaired) electrons. The number of anilines is 1. The van der Waals surface area contributed by atoms with Crippen LogP contribution >= 0.6 is 11.3 Å². The van der Waals surface area contributed by atoms with E-state index in [-0.39, 0.29) is 6.04 Å². The second-order valence-electron chi connectivity index (χ2n) is 5.18. The zero-order valence-corrected chi connectivity index (χ0v) is 12.0. The summed E-state index contributed by atoms with van der Waals surface area (Å²) >= 11 is 1.74. The summed E-state index contributed by atoms with van der Waals surface area (Å²) in [6.07, 6.45) is 6.20. The summed E-state index contributed by atoms with van der Waals surface area (Å²) in [6.45, 7) is 2.13. The molecule has 0 aromatic carbocycles. The highest BCUT2D eigenvalue weighted by atomic mass is 32.1. The Balaban J connectivity index is 1.69. The summed E-state index contributed by atoms with van der Waals surface area (Å²) in [5.41, 5.74) is 0.817. The van der Waals surface area contributed by atoms with Crippen molar-refractivity contribution in [3.8, 4) is 0 Å². The van der Waals surface area contributed by atoms with Crippen molar-refractivity contribution in [3.05, 3.63) is 40.6 Å². The van der Waals surface area contributed by atoms with Crippen molar-refractivity contribution in [1.29, 1.82) is 0 Å². The van der Waals surface area contributed by atoms with E-state index < -0.39 is 0 Å². The normalized spacial score (nSPS) is 16.4. The lowest BCUT2D eigenvalue weighted by Gasteiger charge is -2.13. The maximum absolute atomic E-state index is 4.42. The van der Waals surface area contributed by atoms with Gasteiger partial charge in [0.25, 0.3) is 0 Å². The van der Waals surface area contributed by atoms with Crippen LogP contribution in [0.25, 0.3) is 5.65 Å². The molecule has 1 fully saturated rings. The Labute approximate surface area is 120 Å². The molecule has 3 heterocycles. The Morgan fingerprint density at radius 3 is 3.05 bits per heavy atom. The topological polar surface area (TPSA) is 55.1 Å². The number of thiophene rings is 1. The van der Waals surface area contributed by atoms with E-state index in [1.807, 2.05) is 12.4 Å². The minimum absolute atomic E-state index is 0.217. The van der Waals surface area contributed by atoms with Gasteiger partial charge in [-0.1, -0.05) is 6.07 Å². The molecule has 1 aliphatic carbocycles. The van der Waals surface area contributed by atoms with Crippen LogP contribution in [0, 0.1) is 0 Å². The Morgan fingerprint density at radius 1 is 1.40 bits per heavy atom. The van der Waals surface area contributed by atoms with Crippen molar-refractivity contribution in [2.24, 2.45) is 0 Å². The van der Waals surface area contributed by atoms with Crippen molar-refractivity contribution in [1.82, 2.24) is 19.6 Å². The van der Waals surface area contributed by atoms with Crippen LogP contribution in [0.5, 0.6) is 0 Å². The van der Waals surface area contributed by atoms with Gasteiger partial charge in [0.2, 0.25) is 5.65 Å². The fourth-order valence-corrected chi connectivity index (χ4v) is 3.11. The first-order chi connectivity index (χ1) is 9.83. The summed E-state index contributed by atoms with van der Waals surface area (Å²) in [5, 5.41) is 14.2. The van der Waals surface area contributed by atoms with Crippen LogP contribution in [0.1, 0.15) is 42.4 Å². The summed E-state index contributed by atoms with van der Waals surface area (Å²) in [4.78, 5) is 5.71. The third kappa shape index (κ3) is 1.96. The molecule has 0 bridgehead atoms. The quantitative estimate of drug-likeness (QED) is 0.799. The second kappa shape index (κ2) is 4.56. The third-order valence-electron chi connectivity index (χ3n) is 3.62. The van der Waals surface area contributed by atoms with Crippen molar-refractivity contribution < 1.29 is 0 Å². The molecule has 5 nitrogen and oxygen atoms in total. The average molecular weight is 285 g/mol. The summed E-state index contributed by atoms with van der Waals surface area (Å²) < 4.78 is 2.06. The SMILES string of the molecule is CC(Nc1nccn2c(C3CC3)nnc12)c1cccs1. The second-order valence-corrected chi connectivity index (χ2v) is 6.16. The molecule has 1 aliphatic rings. The number of nitrogens with one attached hydrogen (secondary N) is 1. The molecule has 1 saturated carbocycles. The van der Waals surface area contributed by atoms with Gasteiger partial charge in [-0.05, 0) is 31.2 Å². The molecule has 1 unspecified atom stereocenters. The highest BCUT2D eigenvalue weighted by molar-refractivity contribution is 7.10. The zero-order valence-electron chi connectivity index (χ0n) is 11.2. The van der Waals surface area contributed by atoms with Gasteiger partial charge >= 0.3 is 0 Å². The van der Waals surface area contributed by atoms with Crippen LogP contribution < -0.4 is 5.32 Å². The fraction of sp³-hybridized carbons (Fsp3) is 0.357. The van der Waals surface area contributed by atoms with E-state index in [1.54, 1.807) is 11.3 Å². The van der Waals surface area contributed by atoms with Crippen LogP contribution in [-0.4, -0.2) is 19.6 Å². The summed E-state index contributed by atoms with van der Waals surface area (Å²) in [5.74, 6) is 2.44. The van der Waals surface area contributed by atoms with Crippen LogP contribution in [0.15, 0.2) is 29.9 Å². The van der Waals surface area contributed by atoms with E-state index in [1.165, 1.54) is 17.7 Å². The number of fused-ring (bicyclic) bond motifs is 1. The predicted octanol–water partition coefficient (Wildman–Crippen LogP) is 3.24. The molecule has 0 spiro atoms. The van der Waals surface area contributed by atoms with Gasteiger partial charge in [-0.15, -0.1) is 21.5 Å². The van der Waals surface area contributed by atoms with Crippen LogP contribution in [0.2, 0.25) is 0 Å². The molecule has 1 N–H and O–H groups in total. The van der Waals surface area contributed by atoms with E-state index in [4.69, 9.17) is 0 Å². The lowest BCUT2D eigenvalue weighted by atomic mass is 10.3. The molecule has 3 aromatic rings. The Bertz CT molecular complexity index is 729. The molecular weight excluding hydrogens is 270 g/mol. The smallest absolute Gasteiger partial charge is 0.203 e. The van der Waals surface area contributed by atoms with Gasteiger partial charge in [0.05, 0.1) is 6.04 Å². The van der Waals surface area contributed by atoms with E-state index in [2.05, 4.69) is 49.3 Å². The summed E-state index contributed by atoms with van der Waals surface area (Å²) in [6, 6.07) is 4.41. The number of rotatable bonds is 4. The lowest BCUT2D eigenvalue weighted by molar-refractivity contribution is 0.882. The molecule has 4 rings (SSSR count). The highest BCUT2D eigenvalue weighted by Crippen LogP contribution is 2.39. The average Bonchev–Trinajstić information content (AvgIpc) is 3.00. The van der Waals surface area contributed by atoms with Gasteiger partial charge in [0.1, 0.15) is 5.82 Å². The lowest BCUT2D eigenvalue weighted by Crippen LogP contribution is -2.08. The molecule has 0 amide bonds. The van der Waals surface area contributed by atoms with Crippen LogP contribution in [-0.2, 0) is 0 Å². The Hall–Kier alpha value is -1.95. The maximum Gasteiger partial charge on any atom is 0.203 e.